The minimum absolute atomic E-state index is 0.426. The Kier molecular flexibility index (Phi) is 7.05. The van der Waals surface area contributed by atoms with E-state index in [1.807, 2.05) is 6.07 Å². The van der Waals surface area contributed by atoms with E-state index in [0.717, 1.165) is 0 Å². The van der Waals surface area contributed by atoms with Crippen molar-refractivity contribution in [3.05, 3.63) is 35.9 Å². The lowest BCUT2D eigenvalue weighted by molar-refractivity contribution is -0.328. The maximum atomic E-state index is 10.8. The number of hydrogen-bond donors (Lipinski definition) is 7. The number of nitrogens with zero attached hydrogens (tertiary/aromatic N) is 1. The highest BCUT2D eigenvalue weighted by atomic mass is 16.6. The van der Waals surface area contributed by atoms with Crippen LogP contribution in [0.4, 0.5) is 0 Å². The first-order valence-electron chi connectivity index (χ1n) is 9.34. The average Bonchev–Trinajstić information content (AvgIpc) is 2.74. The van der Waals surface area contributed by atoms with Crippen molar-refractivity contribution >= 4 is 0 Å². The molecule has 10 atom stereocenters. The van der Waals surface area contributed by atoms with Crippen LogP contribution in [-0.2, 0) is 14.2 Å². The van der Waals surface area contributed by atoms with Gasteiger partial charge in [-0.05, 0) is 5.56 Å². The van der Waals surface area contributed by atoms with E-state index in [0.29, 0.717) is 5.56 Å². The third kappa shape index (κ3) is 4.20. The first-order chi connectivity index (χ1) is 14.2. The van der Waals surface area contributed by atoms with Crippen LogP contribution in [-0.4, -0.2) is 104 Å². The number of rotatable bonds is 5. The van der Waals surface area contributed by atoms with E-state index in [-0.39, 0.29) is 0 Å². The summed E-state index contributed by atoms with van der Waals surface area (Å²) in [6.07, 6.45) is -14.8. The number of aliphatic hydroxyl groups is 7. The van der Waals surface area contributed by atoms with E-state index in [2.05, 4.69) is 0 Å². The third-order valence-electron chi connectivity index (χ3n) is 5.45. The van der Waals surface area contributed by atoms with Crippen molar-refractivity contribution in [3.8, 4) is 6.07 Å². The van der Waals surface area contributed by atoms with E-state index in [1.165, 1.54) is 0 Å². The zero-order chi connectivity index (χ0) is 22.1. The zero-order valence-corrected chi connectivity index (χ0v) is 15.8. The van der Waals surface area contributed by atoms with Gasteiger partial charge in [0.1, 0.15) is 48.3 Å². The van der Waals surface area contributed by atoms with E-state index < -0.39 is 73.9 Å². The molecule has 0 radical (unpaired) electrons. The molecule has 3 rings (SSSR count). The van der Waals surface area contributed by atoms with Gasteiger partial charge in [0.05, 0.1) is 19.3 Å². The Morgan fingerprint density at radius 3 is 2.33 bits per heavy atom. The molecule has 2 fully saturated rings. The topological polar surface area (TPSA) is 193 Å². The highest BCUT2D eigenvalue weighted by Crippen LogP contribution is 2.35. The predicted octanol–water partition coefficient (Wildman–Crippen LogP) is -3.08. The van der Waals surface area contributed by atoms with Gasteiger partial charge in [0.25, 0.3) is 0 Å². The molecule has 0 amide bonds. The van der Waals surface area contributed by atoms with Gasteiger partial charge in [-0.15, -0.1) is 0 Å². The van der Waals surface area contributed by atoms with Crippen molar-refractivity contribution in [2.24, 2.45) is 0 Å². The lowest BCUT2D eigenvalue weighted by atomic mass is 9.78. The van der Waals surface area contributed by atoms with Crippen molar-refractivity contribution in [2.45, 2.75) is 60.7 Å². The lowest BCUT2D eigenvalue weighted by Crippen LogP contribution is -2.73. The Labute approximate surface area is 171 Å². The molecule has 11 heteroatoms. The molecule has 2 unspecified atom stereocenters. The quantitative estimate of drug-likeness (QED) is 0.236. The lowest BCUT2D eigenvalue weighted by Gasteiger charge is -2.50. The van der Waals surface area contributed by atoms with Crippen LogP contribution in [0, 0.1) is 11.3 Å². The fourth-order valence-electron chi connectivity index (χ4n) is 3.66. The molecule has 1 aromatic rings. The molecule has 0 aromatic heterocycles. The number of benzene rings is 1. The second-order valence-corrected chi connectivity index (χ2v) is 7.45. The molecule has 1 aromatic carbocycles. The normalized spacial score (nSPS) is 41.6. The van der Waals surface area contributed by atoms with Gasteiger partial charge in [-0.3, -0.25) is 0 Å². The van der Waals surface area contributed by atoms with E-state index in [1.54, 1.807) is 30.3 Å². The molecule has 30 heavy (non-hydrogen) atoms. The highest BCUT2D eigenvalue weighted by molar-refractivity contribution is 5.22. The Bertz CT molecular complexity index is 745. The van der Waals surface area contributed by atoms with Crippen molar-refractivity contribution in [1.29, 1.82) is 5.26 Å². The number of hydrogen-bond acceptors (Lipinski definition) is 11. The molecule has 7 N–H and O–H groups in total. The monoisotopic (exact) mass is 427 g/mol. The van der Waals surface area contributed by atoms with Crippen LogP contribution in [0.25, 0.3) is 0 Å². The summed E-state index contributed by atoms with van der Waals surface area (Å²) in [6.45, 7) is -1.13. The highest BCUT2D eigenvalue weighted by Gasteiger charge is 2.59. The maximum absolute atomic E-state index is 10.8. The van der Waals surface area contributed by atoms with Crippen LogP contribution in [0.1, 0.15) is 11.7 Å². The smallest absolute Gasteiger partial charge is 0.185 e. The minimum Gasteiger partial charge on any atom is -0.388 e. The Balaban J connectivity index is 1.70. The molecular weight excluding hydrogens is 402 g/mol. The third-order valence-corrected chi connectivity index (χ3v) is 5.45. The minimum atomic E-state index is -2.36. The Hall–Kier alpha value is -1.69. The summed E-state index contributed by atoms with van der Waals surface area (Å²) in [5.41, 5.74) is -1.91. The summed E-state index contributed by atoms with van der Waals surface area (Å²) in [4.78, 5) is 0. The van der Waals surface area contributed by atoms with Gasteiger partial charge >= 0.3 is 0 Å². The number of aliphatic hydroxyl groups excluding tert-OH is 6. The molecule has 2 aliphatic rings. The van der Waals surface area contributed by atoms with Gasteiger partial charge in [0, 0.05) is 0 Å². The van der Waals surface area contributed by atoms with Gasteiger partial charge in [-0.2, -0.15) is 5.26 Å². The Morgan fingerprint density at radius 2 is 1.70 bits per heavy atom. The predicted molar refractivity (Wildman–Crippen MR) is 96.4 cm³/mol. The number of ether oxygens (including phenoxy) is 3. The molecule has 0 spiro atoms. The summed E-state index contributed by atoms with van der Waals surface area (Å²) < 4.78 is 15.7. The van der Waals surface area contributed by atoms with Crippen molar-refractivity contribution in [2.75, 3.05) is 13.2 Å². The summed E-state index contributed by atoms with van der Waals surface area (Å²) in [7, 11) is 0. The van der Waals surface area contributed by atoms with Crippen LogP contribution < -0.4 is 0 Å². The largest absolute Gasteiger partial charge is 0.388 e. The fraction of sp³-hybridized carbons (Fsp3) is 0.632. The maximum Gasteiger partial charge on any atom is 0.185 e. The van der Waals surface area contributed by atoms with E-state index in [4.69, 9.17) is 14.2 Å². The standard InChI is InChI=1S/C19H25NO10/c20-6-11(9-4-2-1-3-5-9)30-18(26)15-14(24)16(25)19(27,8-29-15)17-13(23)12(22)10(21)7-28-17/h1-5,10-18,21-27H,7-8H2/t10-,11?,12+,13-,14-,15+,16+,17-,18?,19+/m1/s1. The van der Waals surface area contributed by atoms with Crippen molar-refractivity contribution in [3.63, 3.8) is 0 Å². The van der Waals surface area contributed by atoms with E-state index >= 15 is 0 Å². The van der Waals surface area contributed by atoms with Crippen LogP contribution >= 0.6 is 0 Å². The van der Waals surface area contributed by atoms with E-state index in [9.17, 15) is 41.0 Å². The van der Waals surface area contributed by atoms with Gasteiger partial charge in [0.15, 0.2) is 12.4 Å². The number of nitriles is 1. The van der Waals surface area contributed by atoms with Crippen molar-refractivity contribution < 1.29 is 50.0 Å². The summed E-state index contributed by atoms with van der Waals surface area (Å²) in [6, 6.07) is 10.2. The molecule has 0 bridgehead atoms. The summed E-state index contributed by atoms with van der Waals surface area (Å²) in [5.74, 6) is 0. The SMILES string of the molecule is N#CC(OC(O)[C@H]1OC[C@@](O)([C@@H]2OC[C@@H](O)[C@H](O)[C@H]2O)[C@@H](O)[C@@H]1O)c1ccccc1. The molecule has 0 saturated carbocycles. The molecule has 166 valence electrons. The van der Waals surface area contributed by atoms with Crippen LogP contribution in [0.3, 0.4) is 0 Å². The second kappa shape index (κ2) is 9.21. The molecule has 2 saturated heterocycles. The molecule has 11 nitrogen and oxygen atoms in total. The first kappa shape index (κ1) is 23.0. The first-order valence-corrected chi connectivity index (χ1v) is 9.34. The van der Waals surface area contributed by atoms with Gasteiger partial charge in [-0.1, -0.05) is 30.3 Å². The Morgan fingerprint density at radius 1 is 1.03 bits per heavy atom. The van der Waals surface area contributed by atoms with Gasteiger partial charge in [-0.25, -0.2) is 0 Å². The molecule has 2 aliphatic heterocycles. The van der Waals surface area contributed by atoms with Crippen LogP contribution in [0.2, 0.25) is 0 Å². The molecular formula is C19H25NO10. The zero-order valence-electron chi connectivity index (χ0n) is 15.8. The van der Waals surface area contributed by atoms with Gasteiger partial charge in [0.2, 0.25) is 0 Å². The second-order valence-electron chi connectivity index (χ2n) is 7.45. The van der Waals surface area contributed by atoms with Crippen LogP contribution in [0.5, 0.6) is 0 Å². The fourth-order valence-corrected chi connectivity index (χ4v) is 3.66. The molecule has 2 heterocycles. The van der Waals surface area contributed by atoms with Gasteiger partial charge < -0.3 is 50.0 Å². The average molecular weight is 427 g/mol. The van der Waals surface area contributed by atoms with Crippen LogP contribution in [0.15, 0.2) is 30.3 Å². The van der Waals surface area contributed by atoms with Crippen molar-refractivity contribution in [1.82, 2.24) is 0 Å². The summed E-state index contributed by atoms with van der Waals surface area (Å²) in [5, 5.41) is 80.9. The summed E-state index contributed by atoms with van der Waals surface area (Å²) >= 11 is 0. The molecule has 0 aliphatic carbocycles.